The largest absolute Gasteiger partial charge is 0.186 e. The molecule has 13 heavy (non-hydrogen) atoms. The van der Waals surface area contributed by atoms with Crippen LogP contribution in [-0.4, -0.2) is 12.3 Å². The third-order valence-corrected chi connectivity index (χ3v) is 3.34. The minimum atomic E-state index is 0.540. The van der Waals surface area contributed by atoms with E-state index in [0.29, 0.717) is 6.04 Å². The zero-order chi connectivity index (χ0) is 8.93. The van der Waals surface area contributed by atoms with Gasteiger partial charge in [0.05, 0.1) is 6.04 Å². The first-order chi connectivity index (χ1) is 6.47. The van der Waals surface area contributed by atoms with Crippen LogP contribution < -0.4 is 5.43 Å². The van der Waals surface area contributed by atoms with Gasteiger partial charge in [-0.1, -0.05) is 32.1 Å². The highest BCUT2D eigenvalue weighted by Crippen LogP contribution is 2.27. The highest BCUT2D eigenvalue weighted by molar-refractivity contribution is 5.59. The Hall–Kier alpha value is -0.530. The van der Waals surface area contributed by atoms with Crippen molar-refractivity contribution < 1.29 is 0 Å². The molecule has 0 N–H and O–H groups in total. The van der Waals surface area contributed by atoms with Crippen LogP contribution in [0.25, 0.3) is 0 Å². The van der Waals surface area contributed by atoms with Gasteiger partial charge < -0.3 is 0 Å². The summed E-state index contributed by atoms with van der Waals surface area (Å²) in [6.45, 7) is 0. The second-order valence-corrected chi connectivity index (χ2v) is 4.32. The highest BCUT2D eigenvalue weighted by atomic mass is 15.3. The fourth-order valence-electron chi connectivity index (χ4n) is 2.49. The summed E-state index contributed by atoms with van der Waals surface area (Å²) >= 11 is 0. The molecule has 1 aliphatic carbocycles. The summed E-state index contributed by atoms with van der Waals surface area (Å²) in [5.74, 6) is 0.836. The maximum Gasteiger partial charge on any atom is 0.0790 e. The van der Waals surface area contributed by atoms with Crippen LogP contribution in [0.15, 0.2) is 5.10 Å². The van der Waals surface area contributed by atoms with Crippen molar-refractivity contribution in [3.05, 3.63) is 0 Å². The summed E-state index contributed by atoms with van der Waals surface area (Å²) in [6.07, 6.45) is 13.0. The molecule has 2 nitrogen and oxygen atoms in total. The number of hydrogen-bond donors (Lipinski definition) is 0. The van der Waals surface area contributed by atoms with Crippen LogP contribution in [0.4, 0.5) is 0 Å². The van der Waals surface area contributed by atoms with E-state index in [4.69, 9.17) is 0 Å². The molecule has 0 aromatic carbocycles. The van der Waals surface area contributed by atoms with Gasteiger partial charge in [-0.25, -0.2) is 0 Å². The van der Waals surface area contributed by atoms with E-state index in [2.05, 4.69) is 10.5 Å². The van der Waals surface area contributed by atoms with Crippen molar-refractivity contribution in [2.75, 3.05) is 0 Å². The standard InChI is InChI=1S/C11H19N2/c1-2-4-6-10(7-5-3-1)11-8-9-12-13-11/h9-11H,1-8H2. The second-order valence-electron chi connectivity index (χ2n) is 4.32. The van der Waals surface area contributed by atoms with Crippen LogP contribution in [-0.2, 0) is 0 Å². The normalized spacial score (nSPS) is 30.9. The van der Waals surface area contributed by atoms with Crippen molar-refractivity contribution in [3.63, 3.8) is 0 Å². The van der Waals surface area contributed by atoms with Gasteiger partial charge in [0.15, 0.2) is 0 Å². The fourth-order valence-corrected chi connectivity index (χ4v) is 2.49. The number of nitrogens with zero attached hydrogens (tertiary/aromatic N) is 2. The van der Waals surface area contributed by atoms with E-state index < -0.39 is 0 Å². The van der Waals surface area contributed by atoms with Gasteiger partial charge in [0.1, 0.15) is 0 Å². The lowest BCUT2D eigenvalue weighted by Crippen LogP contribution is -2.25. The van der Waals surface area contributed by atoms with Gasteiger partial charge in [-0.3, -0.25) is 0 Å². The van der Waals surface area contributed by atoms with Crippen molar-refractivity contribution >= 4 is 6.21 Å². The fraction of sp³-hybridized carbons (Fsp3) is 0.909. The van der Waals surface area contributed by atoms with Crippen LogP contribution in [0, 0.1) is 5.92 Å². The van der Waals surface area contributed by atoms with Crippen molar-refractivity contribution in [1.82, 2.24) is 5.43 Å². The SMILES string of the molecule is C1=N[N]C(C2CCCCCCC2)C1. The van der Waals surface area contributed by atoms with Crippen molar-refractivity contribution in [3.8, 4) is 0 Å². The molecule has 1 atom stereocenters. The van der Waals surface area contributed by atoms with Crippen LogP contribution >= 0.6 is 0 Å². The zero-order valence-corrected chi connectivity index (χ0v) is 8.28. The molecule has 0 spiro atoms. The lowest BCUT2D eigenvalue weighted by Gasteiger charge is -2.23. The predicted molar refractivity (Wildman–Crippen MR) is 54.8 cm³/mol. The van der Waals surface area contributed by atoms with E-state index in [-0.39, 0.29) is 0 Å². The summed E-state index contributed by atoms with van der Waals surface area (Å²) in [5, 5.41) is 3.99. The van der Waals surface area contributed by atoms with E-state index >= 15 is 0 Å². The van der Waals surface area contributed by atoms with Crippen molar-refractivity contribution in [2.24, 2.45) is 11.0 Å². The van der Waals surface area contributed by atoms with Crippen molar-refractivity contribution in [1.29, 1.82) is 0 Å². The molecule has 1 radical (unpaired) electrons. The minimum absolute atomic E-state index is 0.540. The Labute approximate surface area is 80.8 Å². The number of hydrogen-bond acceptors (Lipinski definition) is 1. The topological polar surface area (TPSA) is 26.5 Å². The van der Waals surface area contributed by atoms with Gasteiger partial charge in [-0.05, 0) is 18.8 Å². The van der Waals surface area contributed by atoms with Crippen LogP contribution in [0.1, 0.15) is 51.4 Å². The summed E-state index contributed by atoms with van der Waals surface area (Å²) in [5.41, 5.74) is 4.30. The lowest BCUT2D eigenvalue weighted by atomic mass is 9.85. The summed E-state index contributed by atoms with van der Waals surface area (Å²) in [6, 6.07) is 0.540. The molecule has 1 unspecified atom stereocenters. The van der Waals surface area contributed by atoms with Crippen LogP contribution in [0.2, 0.25) is 0 Å². The molecule has 1 heterocycles. The summed E-state index contributed by atoms with van der Waals surface area (Å²) < 4.78 is 0. The summed E-state index contributed by atoms with van der Waals surface area (Å²) in [4.78, 5) is 0. The molecule has 1 saturated carbocycles. The molecule has 2 rings (SSSR count). The molecular weight excluding hydrogens is 160 g/mol. The minimum Gasteiger partial charge on any atom is -0.186 e. The molecule has 1 aliphatic heterocycles. The molecule has 2 heteroatoms. The predicted octanol–water partition coefficient (Wildman–Crippen LogP) is 2.71. The highest BCUT2D eigenvalue weighted by Gasteiger charge is 2.24. The van der Waals surface area contributed by atoms with Gasteiger partial charge in [0.2, 0.25) is 0 Å². The Bertz CT molecular complexity index is 161. The Morgan fingerprint density at radius 2 is 1.62 bits per heavy atom. The first kappa shape index (κ1) is 9.04. The van der Waals surface area contributed by atoms with E-state index in [1.807, 2.05) is 6.21 Å². The zero-order valence-electron chi connectivity index (χ0n) is 8.28. The first-order valence-corrected chi connectivity index (χ1v) is 5.68. The van der Waals surface area contributed by atoms with Crippen LogP contribution in [0.5, 0.6) is 0 Å². The van der Waals surface area contributed by atoms with Crippen LogP contribution in [0.3, 0.4) is 0 Å². The van der Waals surface area contributed by atoms with Crippen molar-refractivity contribution in [2.45, 2.75) is 57.4 Å². The molecular formula is C11H19N2. The lowest BCUT2D eigenvalue weighted by molar-refractivity contribution is 0.299. The van der Waals surface area contributed by atoms with Gasteiger partial charge >= 0.3 is 0 Å². The van der Waals surface area contributed by atoms with E-state index in [1.54, 1.807) is 0 Å². The Morgan fingerprint density at radius 3 is 2.23 bits per heavy atom. The number of rotatable bonds is 1. The molecule has 0 amide bonds. The molecule has 1 fully saturated rings. The second kappa shape index (κ2) is 4.64. The molecule has 0 saturated heterocycles. The van der Waals surface area contributed by atoms with Gasteiger partial charge in [0.25, 0.3) is 0 Å². The molecule has 0 bridgehead atoms. The Balaban J connectivity index is 1.81. The summed E-state index contributed by atoms with van der Waals surface area (Å²) in [7, 11) is 0. The van der Waals surface area contributed by atoms with E-state index in [1.165, 1.54) is 44.9 Å². The Morgan fingerprint density at radius 1 is 0.923 bits per heavy atom. The Kier molecular flexibility index (Phi) is 3.22. The molecule has 73 valence electrons. The van der Waals surface area contributed by atoms with Gasteiger partial charge in [0, 0.05) is 12.6 Å². The molecule has 2 aliphatic rings. The molecule has 0 aromatic rings. The monoisotopic (exact) mass is 179 g/mol. The average molecular weight is 179 g/mol. The maximum atomic E-state index is 4.30. The van der Waals surface area contributed by atoms with Gasteiger partial charge in [-0.15, -0.1) is 0 Å². The van der Waals surface area contributed by atoms with E-state index in [9.17, 15) is 0 Å². The third-order valence-electron chi connectivity index (χ3n) is 3.34. The average Bonchev–Trinajstić information content (AvgIpc) is 2.55. The smallest absolute Gasteiger partial charge is 0.0790 e. The maximum absolute atomic E-state index is 4.30. The van der Waals surface area contributed by atoms with E-state index in [0.717, 1.165) is 12.3 Å². The van der Waals surface area contributed by atoms with Gasteiger partial charge in [-0.2, -0.15) is 10.5 Å². The molecule has 0 aromatic heterocycles. The quantitative estimate of drug-likeness (QED) is 0.591. The third kappa shape index (κ3) is 2.45. The first-order valence-electron chi connectivity index (χ1n) is 5.68.